The molecule has 0 saturated carbocycles. The number of carbonyl (C=O) groups is 1. The number of ether oxygens (including phenoxy) is 1. The summed E-state index contributed by atoms with van der Waals surface area (Å²) in [6.45, 7) is 7.34. The molecule has 0 radical (unpaired) electrons. The number of nitro benzene ring substituents is 1. The number of carbonyl (C=O) groups excluding carboxylic acids is 1. The third-order valence-electron chi connectivity index (χ3n) is 4.72. The zero-order valence-electron chi connectivity index (χ0n) is 16.8. The average molecular weight is 413 g/mol. The van der Waals surface area contributed by atoms with Gasteiger partial charge < -0.3 is 9.64 Å². The fourth-order valence-corrected chi connectivity index (χ4v) is 4.67. The van der Waals surface area contributed by atoms with Crippen molar-refractivity contribution >= 4 is 21.8 Å². The Bertz CT molecular complexity index is 849. The first-order valence-electron chi connectivity index (χ1n) is 9.05. The Morgan fingerprint density at radius 2 is 1.89 bits per heavy atom. The lowest BCUT2D eigenvalue weighted by Crippen LogP contribution is -2.54. The number of amides is 1. The molecule has 156 valence electrons. The van der Waals surface area contributed by atoms with E-state index in [1.165, 1.54) is 30.1 Å². The second kappa shape index (κ2) is 8.04. The van der Waals surface area contributed by atoms with Crippen LogP contribution >= 0.6 is 0 Å². The van der Waals surface area contributed by atoms with Crippen LogP contribution in [-0.2, 0) is 14.8 Å². The van der Waals surface area contributed by atoms with Gasteiger partial charge in [0.05, 0.1) is 4.92 Å². The number of hydrogen-bond acceptors (Lipinski definition) is 6. The number of nitrogens with zero attached hydrogens (tertiary/aromatic N) is 3. The van der Waals surface area contributed by atoms with Crippen molar-refractivity contribution in [3.8, 4) is 0 Å². The molecule has 0 N–H and O–H groups in total. The Hall–Kier alpha value is -2.20. The first-order chi connectivity index (χ1) is 12.8. The van der Waals surface area contributed by atoms with Crippen LogP contribution in [0.3, 0.4) is 0 Å². The van der Waals surface area contributed by atoms with Gasteiger partial charge in [0.15, 0.2) is 4.90 Å². The highest BCUT2D eigenvalue weighted by atomic mass is 32.2. The highest BCUT2D eigenvalue weighted by Gasteiger charge is 2.39. The van der Waals surface area contributed by atoms with E-state index in [4.69, 9.17) is 4.74 Å². The van der Waals surface area contributed by atoms with Gasteiger partial charge in [-0.2, -0.15) is 4.31 Å². The standard InChI is InChI=1S/C18H27N3O6S/c1-13-10-11-14(12-20(13)17(22)27-18(2,3)4)19(5)28(25,26)16-9-7-6-8-15(16)21(23)24/h6-9,13-14H,10-12H2,1-5H3/t13-,14-/m1/s1. The number of likely N-dealkylation sites (N-methyl/N-ethyl adjacent to an activating group) is 1. The Morgan fingerprint density at radius 1 is 1.29 bits per heavy atom. The highest BCUT2D eigenvalue weighted by Crippen LogP contribution is 2.30. The van der Waals surface area contributed by atoms with E-state index in [2.05, 4.69) is 0 Å². The van der Waals surface area contributed by atoms with E-state index in [9.17, 15) is 23.3 Å². The maximum atomic E-state index is 13.0. The number of rotatable bonds is 4. The van der Waals surface area contributed by atoms with Crippen molar-refractivity contribution in [3.63, 3.8) is 0 Å². The molecule has 28 heavy (non-hydrogen) atoms. The van der Waals surface area contributed by atoms with E-state index in [0.29, 0.717) is 12.8 Å². The van der Waals surface area contributed by atoms with Gasteiger partial charge in [0.25, 0.3) is 5.69 Å². The SMILES string of the molecule is C[C@@H]1CC[C@@H](N(C)S(=O)(=O)c2ccccc2[N+](=O)[O-])CN1C(=O)OC(C)(C)C. The lowest BCUT2D eigenvalue weighted by atomic mass is 10.00. The summed E-state index contributed by atoms with van der Waals surface area (Å²) in [4.78, 5) is 24.2. The predicted octanol–water partition coefficient (Wildman–Crippen LogP) is 3.00. The first kappa shape index (κ1) is 22.1. The molecule has 1 aromatic rings. The zero-order valence-corrected chi connectivity index (χ0v) is 17.6. The summed E-state index contributed by atoms with van der Waals surface area (Å²) >= 11 is 0. The second-order valence-corrected chi connectivity index (χ2v) is 9.92. The number of likely N-dealkylation sites (tertiary alicyclic amines) is 1. The molecular weight excluding hydrogens is 386 g/mol. The molecule has 0 bridgehead atoms. The normalized spacial score (nSPS) is 20.9. The summed E-state index contributed by atoms with van der Waals surface area (Å²) in [6, 6.07) is 4.66. The summed E-state index contributed by atoms with van der Waals surface area (Å²) in [5.74, 6) is 0. The van der Waals surface area contributed by atoms with Crippen LogP contribution in [0, 0.1) is 10.1 Å². The minimum Gasteiger partial charge on any atom is -0.444 e. The molecule has 1 aliphatic rings. The third kappa shape index (κ3) is 4.79. The Kier molecular flexibility index (Phi) is 6.34. The highest BCUT2D eigenvalue weighted by molar-refractivity contribution is 7.89. The summed E-state index contributed by atoms with van der Waals surface area (Å²) in [5, 5.41) is 11.2. The van der Waals surface area contributed by atoms with Gasteiger partial charge in [-0.05, 0) is 46.6 Å². The maximum Gasteiger partial charge on any atom is 0.410 e. The largest absolute Gasteiger partial charge is 0.444 e. The van der Waals surface area contributed by atoms with Crippen molar-refractivity contribution in [1.29, 1.82) is 0 Å². The monoisotopic (exact) mass is 413 g/mol. The van der Waals surface area contributed by atoms with Gasteiger partial charge in [-0.25, -0.2) is 13.2 Å². The zero-order chi connectivity index (χ0) is 21.3. The molecule has 2 rings (SSSR count). The molecule has 1 heterocycles. The average Bonchev–Trinajstić information content (AvgIpc) is 2.59. The number of piperidine rings is 1. The van der Waals surface area contributed by atoms with Crippen LogP contribution in [0.15, 0.2) is 29.2 Å². The lowest BCUT2D eigenvalue weighted by molar-refractivity contribution is -0.387. The van der Waals surface area contributed by atoms with E-state index >= 15 is 0 Å². The Labute approximate surface area is 165 Å². The number of hydrogen-bond donors (Lipinski definition) is 0. The molecule has 9 nitrogen and oxygen atoms in total. The Balaban J connectivity index is 2.27. The molecule has 1 fully saturated rings. The molecule has 2 atom stereocenters. The fourth-order valence-electron chi connectivity index (χ4n) is 3.14. The van der Waals surface area contributed by atoms with Crippen LogP contribution in [0.4, 0.5) is 10.5 Å². The smallest absolute Gasteiger partial charge is 0.410 e. The van der Waals surface area contributed by atoms with Crippen molar-refractivity contribution in [2.24, 2.45) is 0 Å². The predicted molar refractivity (Wildman–Crippen MR) is 103 cm³/mol. The van der Waals surface area contributed by atoms with Crippen LogP contribution in [0.5, 0.6) is 0 Å². The van der Waals surface area contributed by atoms with Crippen molar-refractivity contribution < 1.29 is 22.9 Å². The van der Waals surface area contributed by atoms with Crippen molar-refractivity contribution in [3.05, 3.63) is 34.4 Å². The van der Waals surface area contributed by atoms with Crippen LogP contribution in [0.2, 0.25) is 0 Å². The van der Waals surface area contributed by atoms with Gasteiger partial charge in [0.2, 0.25) is 10.0 Å². The van der Waals surface area contributed by atoms with Gasteiger partial charge in [-0.3, -0.25) is 10.1 Å². The number of benzene rings is 1. The first-order valence-corrected chi connectivity index (χ1v) is 10.5. The van der Waals surface area contributed by atoms with Crippen molar-refractivity contribution in [2.75, 3.05) is 13.6 Å². The molecule has 1 aliphatic heterocycles. The quantitative estimate of drug-likeness (QED) is 0.554. The summed E-state index contributed by atoms with van der Waals surface area (Å²) in [7, 11) is -2.71. The number of sulfonamides is 1. The molecule has 1 aromatic carbocycles. The molecule has 1 saturated heterocycles. The van der Waals surface area contributed by atoms with Crippen LogP contribution in [0.25, 0.3) is 0 Å². The molecule has 10 heteroatoms. The maximum absolute atomic E-state index is 13.0. The topological polar surface area (TPSA) is 110 Å². The number of nitro groups is 1. The van der Waals surface area contributed by atoms with Gasteiger partial charge >= 0.3 is 6.09 Å². The molecule has 0 aliphatic carbocycles. The van der Waals surface area contributed by atoms with Crippen LogP contribution < -0.4 is 0 Å². The number of para-hydroxylation sites is 1. The van der Waals surface area contributed by atoms with Crippen LogP contribution in [-0.4, -0.2) is 59.9 Å². The molecule has 0 unspecified atom stereocenters. The lowest BCUT2D eigenvalue weighted by Gasteiger charge is -2.41. The molecular formula is C18H27N3O6S. The molecule has 1 amide bonds. The van der Waals surface area contributed by atoms with Gasteiger partial charge in [0.1, 0.15) is 5.60 Å². The van der Waals surface area contributed by atoms with Gasteiger partial charge in [-0.15, -0.1) is 0 Å². The fraction of sp³-hybridized carbons (Fsp3) is 0.611. The second-order valence-electron chi connectivity index (χ2n) is 7.96. The van der Waals surface area contributed by atoms with Gasteiger partial charge in [-0.1, -0.05) is 12.1 Å². The summed E-state index contributed by atoms with van der Waals surface area (Å²) in [6.07, 6.45) is 0.637. The molecule has 0 aromatic heterocycles. The van der Waals surface area contributed by atoms with E-state index < -0.39 is 38.4 Å². The van der Waals surface area contributed by atoms with E-state index in [0.717, 1.165) is 10.4 Å². The van der Waals surface area contributed by atoms with Gasteiger partial charge in [0, 0.05) is 31.7 Å². The van der Waals surface area contributed by atoms with E-state index in [1.54, 1.807) is 20.8 Å². The third-order valence-corrected chi connectivity index (χ3v) is 6.68. The summed E-state index contributed by atoms with van der Waals surface area (Å²) in [5.41, 5.74) is -1.13. The summed E-state index contributed by atoms with van der Waals surface area (Å²) < 4.78 is 32.6. The van der Waals surface area contributed by atoms with E-state index in [1.807, 2.05) is 6.92 Å². The van der Waals surface area contributed by atoms with Crippen LogP contribution in [0.1, 0.15) is 40.5 Å². The minimum absolute atomic E-state index is 0.0896. The Morgan fingerprint density at radius 3 is 2.46 bits per heavy atom. The van der Waals surface area contributed by atoms with Crippen molar-refractivity contribution in [1.82, 2.24) is 9.21 Å². The minimum atomic E-state index is -4.10. The van der Waals surface area contributed by atoms with Crippen molar-refractivity contribution in [2.45, 2.75) is 63.1 Å². The molecule has 0 spiro atoms. The van der Waals surface area contributed by atoms with E-state index in [-0.39, 0.29) is 17.5 Å².